The van der Waals surface area contributed by atoms with Crippen molar-refractivity contribution in [2.45, 2.75) is 33.1 Å². The minimum atomic E-state index is -0.129. The number of fused-ring (bicyclic) bond motifs is 21. The number of nitrogens with zero attached hydrogens (tertiary/aromatic N) is 2. The molecule has 0 radical (unpaired) electrons. The summed E-state index contributed by atoms with van der Waals surface area (Å²) in [7, 11) is 0. The molecule has 0 saturated carbocycles. The molecule has 3 aromatic heterocycles. The monoisotopic (exact) mass is 1240 g/mol. The largest absolute Gasteiger partial charge is 0.309 e. The predicted molar refractivity (Wildman–Crippen MR) is 413 cm³/mol. The van der Waals surface area contributed by atoms with Gasteiger partial charge in [-0.25, -0.2) is 0 Å². The topological polar surface area (TPSA) is 9.86 Å². The molecule has 0 fully saturated rings. The van der Waals surface area contributed by atoms with E-state index in [1.807, 2.05) is 25.2 Å². The zero-order chi connectivity index (χ0) is 63.7. The maximum absolute atomic E-state index is 2.56. The van der Waals surface area contributed by atoms with Crippen molar-refractivity contribution < 1.29 is 0 Å². The molecule has 3 heteroatoms. The molecular weight excluding hydrogens is 1180 g/mol. The van der Waals surface area contributed by atoms with E-state index in [1.165, 1.54) is 207 Å². The number of hydrogen-bond donors (Lipinski definition) is 0. The van der Waals surface area contributed by atoms with E-state index in [2.05, 4.69) is 326 Å². The van der Waals surface area contributed by atoms with Gasteiger partial charge in [0.25, 0.3) is 0 Å². The number of thiophene rings is 1. The second-order valence-corrected chi connectivity index (χ2v) is 27.6. The van der Waals surface area contributed by atoms with Gasteiger partial charge in [0.1, 0.15) is 0 Å². The molecule has 0 N–H and O–H groups in total. The lowest BCUT2D eigenvalue weighted by molar-refractivity contribution is 0.664. The lowest BCUT2D eigenvalue weighted by Gasteiger charge is -2.24. The summed E-state index contributed by atoms with van der Waals surface area (Å²) in [5.74, 6) is 0. The summed E-state index contributed by atoms with van der Waals surface area (Å²) >= 11 is 1.88. The van der Waals surface area contributed by atoms with Crippen molar-refractivity contribution in [1.82, 2.24) is 9.13 Å². The molecule has 3 heterocycles. The number of para-hydroxylation sites is 2. The van der Waals surface area contributed by atoms with E-state index >= 15 is 0 Å². The van der Waals surface area contributed by atoms with Crippen LogP contribution in [0.25, 0.3) is 196 Å². The van der Waals surface area contributed by atoms with E-state index < -0.39 is 0 Å². The summed E-state index contributed by atoms with van der Waals surface area (Å²) in [4.78, 5) is 0. The van der Waals surface area contributed by atoms with Crippen LogP contribution in [0.15, 0.2) is 303 Å². The SMILES string of the molecule is CC.CC1(C)c2ccccc2-c2ccc3c4ccccc4n(-c4ccc(-c5ccc6c7c(cccc57)-c5ccccc5-6)c5ccccc45)c3c21.c1ccc2c(c1)-c1cccc3c(-c4ccc5cc(-n6c7ccccc7c7cc8c(cc76)sc6ccccc68)ccc5c4)ccc-2c13. The third-order valence-electron chi connectivity index (χ3n) is 21.4. The fourth-order valence-corrected chi connectivity index (χ4v) is 18.5. The molecule has 3 aliphatic rings. The Morgan fingerprint density at radius 1 is 0.271 bits per heavy atom. The van der Waals surface area contributed by atoms with E-state index in [0.717, 1.165) is 0 Å². The van der Waals surface area contributed by atoms with Gasteiger partial charge in [-0.3, -0.25) is 0 Å². The molecular formula is C93H62N2S. The van der Waals surface area contributed by atoms with Crippen LogP contribution in [0.4, 0.5) is 0 Å². The quantitative estimate of drug-likeness (QED) is 0.166. The van der Waals surface area contributed by atoms with Crippen molar-refractivity contribution in [2.24, 2.45) is 0 Å². The fourth-order valence-electron chi connectivity index (χ4n) is 17.4. The molecule has 0 aliphatic heterocycles. The highest BCUT2D eigenvalue weighted by Crippen LogP contribution is 2.55. The molecule has 19 aromatic rings. The van der Waals surface area contributed by atoms with Gasteiger partial charge in [0.15, 0.2) is 0 Å². The maximum Gasteiger partial charge on any atom is 0.0588 e. The van der Waals surface area contributed by atoms with E-state index in [-0.39, 0.29) is 5.41 Å². The molecule has 2 nitrogen and oxygen atoms in total. The standard InChI is InChI=1S/C47H31N.C44H25NS.C2H6/c1-47(2)41-20-9-7-15-33(41)39-24-25-40-35-17-8-10-21-42(35)48(46(40)45(39)47)43-27-26-31(28-12-5-6-16-34(28)43)32-22-23-38-30-14-4-3-13-29(30)36-18-11-19-37(32)44(36)38;1-2-9-32-31(8-1)36-13-7-12-35-30(20-21-37(32)44(35)36)28-17-16-27-23-29(19-18-26(27)22-28)45-40-14-5-3-10-33(40)38-24-39-34-11-4-6-15-42(34)46-43(39)25-41(38)45;1-2/h3-27H,1-2H3;1-25H;1-2H3. The van der Waals surface area contributed by atoms with Crippen molar-refractivity contribution in [2.75, 3.05) is 0 Å². The average Bonchev–Trinajstić information content (AvgIpc) is 1.51. The van der Waals surface area contributed by atoms with Gasteiger partial charge in [0.05, 0.1) is 27.8 Å². The molecule has 16 aromatic carbocycles. The van der Waals surface area contributed by atoms with Crippen molar-refractivity contribution in [3.63, 3.8) is 0 Å². The summed E-state index contributed by atoms with van der Waals surface area (Å²) in [6, 6.07) is 113. The highest BCUT2D eigenvalue weighted by Gasteiger charge is 2.39. The number of hydrogen-bond acceptors (Lipinski definition) is 1. The number of rotatable bonds is 4. The van der Waals surface area contributed by atoms with Crippen LogP contribution >= 0.6 is 11.3 Å². The molecule has 0 unspecified atom stereocenters. The maximum atomic E-state index is 2.56. The first-order chi connectivity index (χ1) is 47.4. The van der Waals surface area contributed by atoms with Crippen LogP contribution in [0.2, 0.25) is 0 Å². The summed E-state index contributed by atoms with van der Waals surface area (Å²) in [5, 5.41) is 18.3. The summed E-state index contributed by atoms with van der Waals surface area (Å²) in [5.41, 5.74) is 28.6. The van der Waals surface area contributed by atoms with Gasteiger partial charge in [-0.05, 0) is 181 Å². The fraction of sp³-hybridized carbons (Fsp3) is 0.0538. The smallest absolute Gasteiger partial charge is 0.0588 e. The number of aromatic nitrogens is 2. The van der Waals surface area contributed by atoms with Crippen molar-refractivity contribution in [3.05, 3.63) is 314 Å². The van der Waals surface area contributed by atoms with Crippen LogP contribution < -0.4 is 0 Å². The van der Waals surface area contributed by atoms with Crippen LogP contribution in [-0.4, -0.2) is 9.13 Å². The lowest BCUT2D eigenvalue weighted by Crippen LogP contribution is -2.16. The zero-order valence-corrected chi connectivity index (χ0v) is 54.5. The minimum Gasteiger partial charge on any atom is -0.309 e. The zero-order valence-electron chi connectivity index (χ0n) is 53.7. The first-order valence-electron chi connectivity index (χ1n) is 33.8. The van der Waals surface area contributed by atoms with Gasteiger partial charge < -0.3 is 9.13 Å². The molecule has 0 bridgehead atoms. The summed E-state index contributed by atoms with van der Waals surface area (Å²) in [6.45, 7) is 8.79. The molecule has 0 atom stereocenters. The Labute approximate surface area is 560 Å². The molecule has 0 saturated heterocycles. The van der Waals surface area contributed by atoms with Crippen molar-refractivity contribution >= 4 is 118 Å². The number of benzene rings is 16. The van der Waals surface area contributed by atoms with Gasteiger partial charge >= 0.3 is 0 Å². The Balaban J connectivity index is 0.000000128. The second kappa shape index (κ2) is 20.7. The van der Waals surface area contributed by atoms with Gasteiger partial charge in [-0.1, -0.05) is 276 Å². The van der Waals surface area contributed by atoms with E-state index in [9.17, 15) is 0 Å². The van der Waals surface area contributed by atoms with Crippen LogP contribution in [0.1, 0.15) is 38.8 Å². The predicted octanol–water partition coefficient (Wildman–Crippen LogP) is 26.5. The minimum absolute atomic E-state index is 0.129. The van der Waals surface area contributed by atoms with Crippen LogP contribution in [-0.2, 0) is 5.41 Å². The second-order valence-electron chi connectivity index (χ2n) is 26.5. The lowest BCUT2D eigenvalue weighted by atomic mass is 9.81. The third-order valence-corrected chi connectivity index (χ3v) is 22.6. The van der Waals surface area contributed by atoms with E-state index in [4.69, 9.17) is 0 Å². The Hall–Kier alpha value is -11.6. The van der Waals surface area contributed by atoms with E-state index in [1.54, 1.807) is 0 Å². The molecule has 22 rings (SSSR count). The Bertz CT molecular complexity index is 6520. The molecule has 0 spiro atoms. The normalized spacial score (nSPS) is 12.9. The van der Waals surface area contributed by atoms with Crippen LogP contribution in [0.3, 0.4) is 0 Å². The van der Waals surface area contributed by atoms with Crippen LogP contribution in [0.5, 0.6) is 0 Å². The Morgan fingerprint density at radius 3 is 1.47 bits per heavy atom. The highest BCUT2D eigenvalue weighted by molar-refractivity contribution is 7.25. The van der Waals surface area contributed by atoms with Crippen molar-refractivity contribution in [3.8, 4) is 89.3 Å². The highest BCUT2D eigenvalue weighted by atomic mass is 32.1. The van der Waals surface area contributed by atoms with E-state index in [0.29, 0.717) is 0 Å². The third kappa shape index (κ3) is 7.63. The first-order valence-corrected chi connectivity index (χ1v) is 34.6. The summed E-state index contributed by atoms with van der Waals surface area (Å²) in [6.07, 6.45) is 0. The Kier molecular flexibility index (Phi) is 11.8. The van der Waals surface area contributed by atoms with Crippen LogP contribution in [0, 0.1) is 0 Å². The van der Waals surface area contributed by atoms with Crippen molar-refractivity contribution in [1.29, 1.82) is 0 Å². The molecule has 3 aliphatic carbocycles. The van der Waals surface area contributed by atoms with Gasteiger partial charge in [0, 0.05) is 58.2 Å². The first kappa shape index (κ1) is 54.9. The Morgan fingerprint density at radius 2 is 0.760 bits per heavy atom. The molecule has 450 valence electrons. The van der Waals surface area contributed by atoms with Gasteiger partial charge in [0.2, 0.25) is 0 Å². The summed E-state index contributed by atoms with van der Waals surface area (Å²) < 4.78 is 7.68. The average molecular weight is 1240 g/mol. The molecule has 96 heavy (non-hydrogen) atoms. The van der Waals surface area contributed by atoms with Gasteiger partial charge in [-0.2, -0.15) is 0 Å². The van der Waals surface area contributed by atoms with Gasteiger partial charge in [-0.15, -0.1) is 11.3 Å². The molecule has 0 amide bonds.